The van der Waals surface area contributed by atoms with Crippen molar-refractivity contribution in [2.45, 2.75) is 32.7 Å². The largest absolute Gasteiger partial charge is 0.347 e. The van der Waals surface area contributed by atoms with Gasteiger partial charge in [0.2, 0.25) is 11.8 Å². The summed E-state index contributed by atoms with van der Waals surface area (Å²) in [5, 5.41) is 6.05. The third-order valence-corrected chi connectivity index (χ3v) is 4.02. The van der Waals surface area contributed by atoms with Gasteiger partial charge in [0.1, 0.15) is 0 Å². The molecule has 6 nitrogen and oxygen atoms in total. The number of carbonyl (C=O) groups excluding carboxylic acids is 2. The van der Waals surface area contributed by atoms with E-state index in [2.05, 4.69) is 29.5 Å². The maximum absolute atomic E-state index is 12.5. The summed E-state index contributed by atoms with van der Waals surface area (Å²) in [5.74, 6) is 0.387. The van der Waals surface area contributed by atoms with E-state index in [1.807, 2.05) is 17.0 Å². The van der Waals surface area contributed by atoms with Crippen LogP contribution in [0.1, 0.15) is 38.3 Å². The molecule has 2 heterocycles. The van der Waals surface area contributed by atoms with Crippen LogP contribution in [0.4, 0.5) is 0 Å². The standard InChI is InChI=1S/C17H26N4O2.ClH/c1-13(2)5-6-16(22)20-12-17(23)21-9-8-19-11-15(21)14-4-3-7-18-10-14;/h3-4,7,10,13,15,19H,5-6,8-9,11-12H2,1-2H3,(H,20,22);1H. The van der Waals surface area contributed by atoms with Crippen LogP contribution in [-0.4, -0.2) is 47.9 Å². The first-order valence-corrected chi connectivity index (χ1v) is 8.24. The molecule has 7 heteroatoms. The lowest BCUT2D eigenvalue weighted by Gasteiger charge is -2.36. The summed E-state index contributed by atoms with van der Waals surface area (Å²) < 4.78 is 0. The lowest BCUT2D eigenvalue weighted by atomic mass is 10.1. The molecule has 2 N–H and O–H groups in total. The molecule has 1 aliphatic rings. The summed E-state index contributed by atoms with van der Waals surface area (Å²) in [6, 6.07) is 3.82. The molecule has 1 aromatic heterocycles. The second-order valence-electron chi connectivity index (χ2n) is 6.30. The highest BCUT2D eigenvalue weighted by Crippen LogP contribution is 2.21. The number of nitrogens with one attached hydrogen (secondary N) is 2. The SMILES string of the molecule is CC(C)CCC(=O)NCC(=O)N1CCNCC1c1cccnc1.Cl. The van der Waals surface area contributed by atoms with Crippen molar-refractivity contribution in [3.05, 3.63) is 30.1 Å². The minimum Gasteiger partial charge on any atom is -0.347 e. The number of piperazine rings is 1. The average molecular weight is 355 g/mol. The maximum atomic E-state index is 12.5. The Kier molecular flexibility index (Phi) is 8.71. The molecule has 0 saturated carbocycles. The monoisotopic (exact) mass is 354 g/mol. The van der Waals surface area contributed by atoms with Crippen molar-refractivity contribution >= 4 is 24.2 Å². The molecule has 1 saturated heterocycles. The second kappa shape index (κ2) is 10.3. The van der Waals surface area contributed by atoms with Gasteiger partial charge in [0.05, 0.1) is 12.6 Å². The van der Waals surface area contributed by atoms with Crippen LogP contribution >= 0.6 is 12.4 Å². The zero-order valence-corrected chi connectivity index (χ0v) is 15.1. The number of hydrogen-bond acceptors (Lipinski definition) is 4. The predicted octanol–water partition coefficient (Wildman–Crippen LogP) is 1.53. The fourth-order valence-electron chi connectivity index (χ4n) is 2.66. The van der Waals surface area contributed by atoms with Gasteiger partial charge in [-0.3, -0.25) is 14.6 Å². The van der Waals surface area contributed by atoms with Gasteiger partial charge in [-0.2, -0.15) is 0 Å². The summed E-state index contributed by atoms with van der Waals surface area (Å²) in [7, 11) is 0. The van der Waals surface area contributed by atoms with Crippen LogP contribution in [0.3, 0.4) is 0 Å². The Balaban J connectivity index is 0.00000288. The van der Waals surface area contributed by atoms with Gasteiger partial charge in [-0.1, -0.05) is 19.9 Å². The molecule has 0 bridgehead atoms. The lowest BCUT2D eigenvalue weighted by Crippen LogP contribution is -2.51. The first kappa shape index (κ1) is 20.4. The van der Waals surface area contributed by atoms with Crippen LogP contribution in [-0.2, 0) is 9.59 Å². The maximum Gasteiger partial charge on any atom is 0.242 e. The van der Waals surface area contributed by atoms with Crippen molar-refractivity contribution in [1.82, 2.24) is 20.5 Å². The summed E-state index contributed by atoms with van der Waals surface area (Å²) in [6.07, 6.45) is 4.82. The zero-order chi connectivity index (χ0) is 16.7. The summed E-state index contributed by atoms with van der Waals surface area (Å²) in [5.41, 5.74) is 1.01. The van der Waals surface area contributed by atoms with Crippen molar-refractivity contribution in [2.75, 3.05) is 26.2 Å². The van der Waals surface area contributed by atoms with Gasteiger partial charge in [-0.05, 0) is 24.0 Å². The zero-order valence-electron chi connectivity index (χ0n) is 14.3. The molecule has 1 aliphatic heterocycles. The lowest BCUT2D eigenvalue weighted by molar-refractivity contribution is -0.135. The van der Waals surface area contributed by atoms with E-state index < -0.39 is 0 Å². The molecular formula is C17H27ClN4O2. The van der Waals surface area contributed by atoms with Gasteiger partial charge in [0.25, 0.3) is 0 Å². The number of halogens is 1. The van der Waals surface area contributed by atoms with Gasteiger partial charge in [0, 0.05) is 38.4 Å². The molecular weight excluding hydrogens is 328 g/mol. The Morgan fingerprint density at radius 1 is 1.46 bits per heavy atom. The summed E-state index contributed by atoms with van der Waals surface area (Å²) in [4.78, 5) is 30.2. The number of amides is 2. The Hall–Kier alpha value is -1.66. The van der Waals surface area contributed by atoms with E-state index in [4.69, 9.17) is 0 Å². The van der Waals surface area contributed by atoms with Crippen LogP contribution in [0.25, 0.3) is 0 Å². The highest BCUT2D eigenvalue weighted by atomic mass is 35.5. The van der Waals surface area contributed by atoms with E-state index in [1.165, 1.54) is 0 Å². The fraction of sp³-hybridized carbons (Fsp3) is 0.588. The van der Waals surface area contributed by atoms with Crippen molar-refractivity contribution < 1.29 is 9.59 Å². The van der Waals surface area contributed by atoms with E-state index in [9.17, 15) is 9.59 Å². The molecule has 0 aliphatic carbocycles. The number of pyridine rings is 1. The smallest absolute Gasteiger partial charge is 0.242 e. The van der Waals surface area contributed by atoms with Gasteiger partial charge in [0.15, 0.2) is 0 Å². The molecule has 24 heavy (non-hydrogen) atoms. The van der Waals surface area contributed by atoms with Gasteiger partial charge in [-0.15, -0.1) is 12.4 Å². The molecule has 1 fully saturated rings. The minimum absolute atomic E-state index is 0. The fourth-order valence-corrected chi connectivity index (χ4v) is 2.66. The van der Waals surface area contributed by atoms with E-state index in [0.29, 0.717) is 25.4 Å². The molecule has 1 atom stereocenters. The van der Waals surface area contributed by atoms with Crippen molar-refractivity contribution in [1.29, 1.82) is 0 Å². The normalized spacial score (nSPS) is 17.3. The van der Waals surface area contributed by atoms with Crippen LogP contribution in [0.5, 0.6) is 0 Å². The summed E-state index contributed by atoms with van der Waals surface area (Å²) in [6.45, 7) is 6.34. The first-order valence-electron chi connectivity index (χ1n) is 8.24. The van der Waals surface area contributed by atoms with Gasteiger partial charge < -0.3 is 15.5 Å². The predicted molar refractivity (Wildman–Crippen MR) is 95.9 cm³/mol. The number of nitrogens with zero attached hydrogens (tertiary/aromatic N) is 2. The quantitative estimate of drug-likeness (QED) is 0.812. The van der Waals surface area contributed by atoms with E-state index in [-0.39, 0.29) is 36.8 Å². The molecule has 1 unspecified atom stereocenters. The van der Waals surface area contributed by atoms with Gasteiger partial charge in [-0.25, -0.2) is 0 Å². The first-order chi connectivity index (χ1) is 11.1. The Morgan fingerprint density at radius 3 is 2.92 bits per heavy atom. The highest BCUT2D eigenvalue weighted by molar-refractivity contribution is 5.85. The van der Waals surface area contributed by atoms with Crippen molar-refractivity contribution in [2.24, 2.45) is 5.92 Å². The molecule has 0 aromatic carbocycles. The van der Waals surface area contributed by atoms with Crippen LogP contribution in [0, 0.1) is 5.92 Å². The van der Waals surface area contributed by atoms with E-state index in [1.54, 1.807) is 12.4 Å². The topological polar surface area (TPSA) is 74.3 Å². The molecule has 0 spiro atoms. The summed E-state index contributed by atoms with van der Waals surface area (Å²) >= 11 is 0. The third-order valence-electron chi connectivity index (χ3n) is 4.02. The van der Waals surface area contributed by atoms with Gasteiger partial charge >= 0.3 is 0 Å². The molecule has 134 valence electrons. The van der Waals surface area contributed by atoms with Crippen molar-refractivity contribution in [3.8, 4) is 0 Å². The Labute approximate surface area is 149 Å². The van der Waals surface area contributed by atoms with Crippen LogP contribution < -0.4 is 10.6 Å². The second-order valence-corrected chi connectivity index (χ2v) is 6.30. The number of rotatable bonds is 6. The third kappa shape index (κ3) is 6.09. The Morgan fingerprint density at radius 2 is 2.25 bits per heavy atom. The molecule has 2 rings (SSSR count). The minimum atomic E-state index is -0.0555. The molecule has 2 amide bonds. The Bertz CT molecular complexity index is 525. The average Bonchev–Trinajstić information content (AvgIpc) is 2.58. The van der Waals surface area contributed by atoms with E-state index >= 15 is 0 Å². The van der Waals surface area contributed by atoms with Crippen LogP contribution in [0.2, 0.25) is 0 Å². The highest BCUT2D eigenvalue weighted by Gasteiger charge is 2.27. The van der Waals surface area contributed by atoms with E-state index in [0.717, 1.165) is 18.5 Å². The van der Waals surface area contributed by atoms with Crippen LogP contribution in [0.15, 0.2) is 24.5 Å². The molecule has 0 radical (unpaired) electrons. The molecule has 1 aromatic rings. The number of aromatic nitrogens is 1. The van der Waals surface area contributed by atoms with Crippen molar-refractivity contribution in [3.63, 3.8) is 0 Å². The number of carbonyl (C=O) groups is 2. The number of hydrogen-bond donors (Lipinski definition) is 2.